The molecule has 0 atom stereocenters. The summed E-state index contributed by atoms with van der Waals surface area (Å²) in [5.41, 5.74) is 0.599. The van der Waals surface area contributed by atoms with Gasteiger partial charge in [0.2, 0.25) is 4.96 Å². The Kier molecular flexibility index (Phi) is 3.57. The molecular weight excluding hydrogens is 276 g/mol. The smallest absolute Gasteiger partial charge is 0.275 e. The SMILES string of the molecule is Cc1cc(=O)n2nc(CN(C)CC3CC(O)C3)sc2n1. The number of aromatic nitrogens is 3. The van der Waals surface area contributed by atoms with Gasteiger partial charge in [-0.15, -0.1) is 0 Å². The molecule has 20 heavy (non-hydrogen) atoms. The maximum Gasteiger partial charge on any atom is 0.275 e. The largest absolute Gasteiger partial charge is 0.393 e. The molecule has 2 aromatic heterocycles. The van der Waals surface area contributed by atoms with Gasteiger partial charge in [0.05, 0.1) is 12.6 Å². The van der Waals surface area contributed by atoms with Crippen LogP contribution in [0.25, 0.3) is 4.96 Å². The number of nitrogens with zero attached hydrogens (tertiary/aromatic N) is 4. The van der Waals surface area contributed by atoms with E-state index in [9.17, 15) is 9.90 Å². The van der Waals surface area contributed by atoms with E-state index < -0.39 is 0 Å². The summed E-state index contributed by atoms with van der Waals surface area (Å²) in [5.74, 6) is 0.576. The lowest BCUT2D eigenvalue weighted by Crippen LogP contribution is -2.36. The summed E-state index contributed by atoms with van der Waals surface area (Å²) in [6, 6.07) is 1.50. The molecule has 0 unspecified atom stereocenters. The Labute approximate surface area is 120 Å². The van der Waals surface area contributed by atoms with Crippen LogP contribution < -0.4 is 5.56 Å². The van der Waals surface area contributed by atoms with Crippen LogP contribution in [0.3, 0.4) is 0 Å². The molecular formula is C13H18N4O2S. The van der Waals surface area contributed by atoms with Gasteiger partial charge in [-0.25, -0.2) is 4.98 Å². The summed E-state index contributed by atoms with van der Waals surface area (Å²) in [5, 5.41) is 14.5. The fourth-order valence-electron chi connectivity index (χ4n) is 2.61. The molecule has 1 saturated carbocycles. The highest BCUT2D eigenvalue weighted by Crippen LogP contribution is 2.28. The lowest BCUT2D eigenvalue weighted by molar-refractivity contribution is 0.0273. The molecule has 1 aliphatic rings. The van der Waals surface area contributed by atoms with Crippen molar-refractivity contribution in [2.45, 2.75) is 32.4 Å². The molecule has 0 aliphatic heterocycles. The standard InChI is InChI=1S/C13H18N4O2S/c1-8-3-12(19)17-13(14-8)20-11(15-17)7-16(2)6-9-4-10(18)5-9/h3,9-10,18H,4-7H2,1-2H3. The van der Waals surface area contributed by atoms with Gasteiger partial charge in [-0.05, 0) is 32.7 Å². The summed E-state index contributed by atoms with van der Waals surface area (Å²) < 4.78 is 1.37. The first-order valence-electron chi connectivity index (χ1n) is 6.74. The summed E-state index contributed by atoms with van der Waals surface area (Å²) in [6.07, 6.45) is 1.68. The number of hydrogen-bond acceptors (Lipinski definition) is 6. The van der Waals surface area contributed by atoms with Crippen molar-refractivity contribution in [1.29, 1.82) is 0 Å². The van der Waals surface area contributed by atoms with Crippen molar-refractivity contribution in [2.75, 3.05) is 13.6 Å². The van der Waals surface area contributed by atoms with Crippen molar-refractivity contribution in [3.05, 3.63) is 27.1 Å². The zero-order valence-corrected chi connectivity index (χ0v) is 12.4. The van der Waals surface area contributed by atoms with Gasteiger partial charge in [0, 0.05) is 18.3 Å². The Bertz CT molecular complexity index is 675. The van der Waals surface area contributed by atoms with Crippen molar-refractivity contribution in [2.24, 2.45) is 5.92 Å². The molecule has 7 heteroatoms. The first kappa shape index (κ1) is 13.7. The Balaban J connectivity index is 1.71. The van der Waals surface area contributed by atoms with E-state index in [1.54, 1.807) is 0 Å². The molecule has 0 amide bonds. The highest BCUT2D eigenvalue weighted by molar-refractivity contribution is 7.16. The van der Waals surface area contributed by atoms with Crippen molar-refractivity contribution >= 4 is 16.3 Å². The van der Waals surface area contributed by atoms with Crippen LogP contribution in [0.1, 0.15) is 23.5 Å². The zero-order chi connectivity index (χ0) is 14.3. The van der Waals surface area contributed by atoms with E-state index in [2.05, 4.69) is 15.0 Å². The van der Waals surface area contributed by atoms with Crippen LogP contribution in [-0.4, -0.2) is 44.3 Å². The molecule has 0 spiro atoms. The van der Waals surface area contributed by atoms with E-state index in [0.717, 1.165) is 30.1 Å². The number of aliphatic hydroxyl groups excluding tert-OH is 1. The number of aryl methyl sites for hydroxylation is 1. The molecule has 0 bridgehead atoms. The molecule has 0 saturated heterocycles. The highest BCUT2D eigenvalue weighted by Gasteiger charge is 2.28. The molecule has 1 N–H and O–H groups in total. The van der Waals surface area contributed by atoms with Crippen LogP contribution in [0.15, 0.2) is 10.9 Å². The van der Waals surface area contributed by atoms with Crippen LogP contribution in [0.4, 0.5) is 0 Å². The Morgan fingerprint density at radius 3 is 3.00 bits per heavy atom. The Morgan fingerprint density at radius 1 is 1.55 bits per heavy atom. The van der Waals surface area contributed by atoms with Gasteiger partial charge in [-0.1, -0.05) is 11.3 Å². The van der Waals surface area contributed by atoms with Gasteiger partial charge in [0.1, 0.15) is 5.01 Å². The maximum atomic E-state index is 11.8. The molecule has 1 aliphatic carbocycles. The van der Waals surface area contributed by atoms with Crippen LogP contribution in [0.5, 0.6) is 0 Å². The monoisotopic (exact) mass is 294 g/mol. The van der Waals surface area contributed by atoms with Gasteiger partial charge in [-0.3, -0.25) is 9.69 Å². The summed E-state index contributed by atoms with van der Waals surface area (Å²) >= 11 is 1.46. The van der Waals surface area contributed by atoms with Gasteiger partial charge in [0.15, 0.2) is 0 Å². The summed E-state index contributed by atoms with van der Waals surface area (Å²) in [4.78, 5) is 19.0. The first-order chi connectivity index (χ1) is 9.51. The molecule has 3 rings (SSSR count). The number of fused-ring (bicyclic) bond motifs is 1. The van der Waals surface area contributed by atoms with Crippen LogP contribution in [0, 0.1) is 12.8 Å². The third kappa shape index (κ3) is 2.74. The predicted octanol–water partition coefficient (Wildman–Crippen LogP) is 0.662. The lowest BCUT2D eigenvalue weighted by atomic mass is 9.82. The predicted molar refractivity (Wildman–Crippen MR) is 76.9 cm³/mol. The quantitative estimate of drug-likeness (QED) is 0.897. The third-order valence-electron chi connectivity index (χ3n) is 3.60. The fraction of sp³-hybridized carbons (Fsp3) is 0.615. The van der Waals surface area contributed by atoms with Gasteiger partial charge in [0.25, 0.3) is 5.56 Å². The summed E-state index contributed by atoms with van der Waals surface area (Å²) in [6.45, 7) is 3.47. The van der Waals surface area contributed by atoms with E-state index >= 15 is 0 Å². The molecule has 6 nitrogen and oxygen atoms in total. The van der Waals surface area contributed by atoms with E-state index in [0.29, 0.717) is 17.4 Å². The second-order valence-electron chi connectivity index (χ2n) is 5.61. The molecule has 0 aromatic carbocycles. The molecule has 2 aromatic rings. The Hall–Kier alpha value is -1.31. The average molecular weight is 294 g/mol. The highest BCUT2D eigenvalue weighted by atomic mass is 32.1. The van der Waals surface area contributed by atoms with Crippen molar-refractivity contribution in [3.63, 3.8) is 0 Å². The lowest BCUT2D eigenvalue weighted by Gasteiger charge is -2.34. The molecule has 0 radical (unpaired) electrons. The molecule has 2 heterocycles. The van der Waals surface area contributed by atoms with E-state index in [4.69, 9.17) is 0 Å². The number of hydrogen-bond donors (Lipinski definition) is 1. The van der Waals surface area contributed by atoms with Crippen molar-refractivity contribution in [3.8, 4) is 0 Å². The topological polar surface area (TPSA) is 70.7 Å². The minimum atomic E-state index is -0.125. The van der Waals surface area contributed by atoms with E-state index in [1.165, 1.54) is 21.9 Å². The van der Waals surface area contributed by atoms with Gasteiger partial charge >= 0.3 is 0 Å². The second kappa shape index (κ2) is 5.23. The average Bonchev–Trinajstić information content (AvgIpc) is 2.69. The zero-order valence-electron chi connectivity index (χ0n) is 11.6. The number of rotatable bonds is 4. The van der Waals surface area contributed by atoms with Crippen molar-refractivity contribution < 1.29 is 5.11 Å². The maximum absolute atomic E-state index is 11.8. The third-order valence-corrected chi connectivity index (χ3v) is 4.49. The molecule has 108 valence electrons. The van der Waals surface area contributed by atoms with Crippen LogP contribution in [0.2, 0.25) is 0 Å². The van der Waals surface area contributed by atoms with Gasteiger partial charge < -0.3 is 5.11 Å². The summed E-state index contributed by atoms with van der Waals surface area (Å²) in [7, 11) is 2.04. The number of aliphatic hydroxyl groups is 1. The van der Waals surface area contributed by atoms with E-state index in [-0.39, 0.29) is 11.7 Å². The van der Waals surface area contributed by atoms with Crippen molar-refractivity contribution in [1.82, 2.24) is 19.5 Å². The minimum absolute atomic E-state index is 0.110. The van der Waals surface area contributed by atoms with Crippen LogP contribution in [-0.2, 0) is 6.54 Å². The normalized spacial score (nSPS) is 22.4. The fourth-order valence-corrected chi connectivity index (χ4v) is 3.63. The van der Waals surface area contributed by atoms with Gasteiger partial charge in [-0.2, -0.15) is 9.61 Å². The Morgan fingerprint density at radius 2 is 2.30 bits per heavy atom. The molecule has 1 fully saturated rings. The minimum Gasteiger partial charge on any atom is -0.393 e. The van der Waals surface area contributed by atoms with E-state index in [1.807, 2.05) is 14.0 Å². The van der Waals surface area contributed by atoms with Crippen LogP contribution >= 0.6 is 11.3 Å². The second-order valence-corrected chi connectivity index (χ2v) is 6.65. The first-order valence-corrected chi connectivity index (χ1v) is 7.56.